The lowest BCUT2D eigenvalue weighted by molar-refractivity contribution is -0.179. The van der Waals surface area contributed by atoms with Crippen molar-refractivity contribution < 1.29 is 18.0 Å². The first-order valence-electron chi connectivity index (χ1n) is 7.78. The van der Waals surface area contributed by atoms with Crippen LogP contribution in [0.2, 0.25) is 0 Å². The summed E-state index contributed by atoms with van der Waals surface area (Å²) in [5.41, 5.74) is 0.530. The SMILES string of the molecule is CSc1cccc(C(=O)NCc2nnc3n2CC[C@@H](C(F)(F)F)C3)c1. The first kappa shape index (κ1) is 17.8. The molecule has 25 heavy (non-hydrogen) atoms. The molecule has 134 valence electrons. The highest BCUT2D eigenvalue weighted by Crippen LogP contribution is 2.34. The second-order valence-corrected chi connectivity index (χ2v) is 6.71. The molecule has 0 bridgehead atoms. The van der Waals surface area contributed by atoms with Crippen LogP contribution in [-0.2, 0) is 19.5 Å². The van der Waals surface area contributed by atoms with Crippen molar-refractivity contribution in [3.05, 3.63) is 41.5 Å². The zero-order valence-corrected chi connectivity index (χ0v) is 14.3. The number of nitrogens with zero attached hydrogens (tertiary/aromatic N) is 3. The summed E-state index contributed by atoms with van der Waals surface area (Å²) < 4.78 is 40.2. The number of nitrogens with one attached hydrogen (secondary N) is 1. The van der Waals surface area contributed by atoms with E-state index in [0.717, 1.165) is 4.90 Å². The Labute approximate surface area is 147 Å². The number of benzene rings is 1. The van der Waals surface area contributed by atoms with Crippen LogP contribution in [0.25, 0.3) is 0 Å². The van der Waals surface area contributed by atoms with Crippen molar-refractivity contribution in [3.63, 3.8) is 0 Å². The van der Waals surface area contributed by atoms with Crippen molar-refractivity contribution in [2.24, 2.45) is 5.92 Å². The number of carbonyl (C=O) groups excluding carboxylic acids is 1. The number of alkyl halides is 3. The summed E-state index contributed by atoms with van der Waals surface area (Å²) in [7, 11) is 0. The van der Waals surface area contributed by atoms with Gasteiger partial charge in [-0.05, 0) is 30.9 Å². The van der Waals surface area contributed by atoms with E-state index in [0.29, 0.717) is 17.2 Å². The Bertz CT molecular complexity index is 775. The number of amides is 1. The van der Waals surface area contributed by atoms with Crippen LogP contribution in [0.3, 0.4) is 0 Å². The second kappa shape index (κ2) is 7.07. The predicted molar refractivity (Wildman–Crippen MR) is 87.3 cm³/mol. The van der Waals surface area contributed by atoms with Gasteiger partial charge in [0.25, 0.3) is 5.91 Å². The van der Waals surface area contributed by atoms with E-state index in [2.05, 4.69) is 15.5 Å². The fourth-order valence-corrected chi connectivity index (χ4v) is 3.28. The van der Waals surface area contributed by atoms with E-state index in [1.165, 1.54) is 11.8 Å². The molecular weight excluding hydrogens is 353 g/mol. The van der Waals surface area contributed by atoms with Gasteiger partial charge in [-0.3, -0.25) is 4.79 Å². The summed E-state index contributed by atoms with van der Waals surface area (Å²) in [5, 5.41) is 10.5. The standard InChI is InChI=1S/C16H17F3N4OS/c1-25-12-4-2-3-10(7-12)15(24)20-9-14-22-21-13-8-11(16(17,18)19)5-6-23(13)14/h2-4,7,11H,5-6,8-9H2,1H3,(H,20,24)/t11-/m1/s1. The molecule has 1 N–H and O–H groups in total. The third kappa shape index (κ3) is 3.97. The molecule has 1 aliphatic rings. The highest BCUT2D eigenvalue weighted by atomic mass is 32.2. The van der Waals surface area contributed by atoms with Gasteiger partial charge >= 0.3 is 6.18 Å². The highest BCUT2D eigenvalue weighted by Gasteiger charge is 2.42. The lowest BCUT2D eigenvalue weighted by Gasteiger charge is -2.25. The average Bonchev–Trinajstić information content (AvgIpc) is 3.01. The molecule has 1 atom stereocenters. The Morgan fingerprint density at radius 3 is 2.92 bits per heavy atom. The quantitative estimate of drug-likeness (QED) is 0.841. The average molecular weight is 370 g/mol. The molecule has 1 aliphatic heterocycles. The number of thioether (sulfide) groups is 1. The van der Waals surface area contributed by atoms with Gasteiger partial charge in [-0.1, -0.05) is 6.07 Å². The molecule has 2 aromatic rings. The fraction of sp³-hybridized carbons (Fsp3) is 0.438. The Kier molecular flexibility index (Phi) is 5.03. The third-order valence-corrected chi connectivity index (χ3v) is 4.96. The van der Waals surface area contributed by atoms with Crippen molar-refractivity contribution >= 4 is 17.7 Å². The van der Waals surface area contributed by atoms with E-state index >= 15 is 0 Å². The van der Waals surface area contributed by atoms with E-state index in [1.54, 1.807) is 22.8 Å². The van der Waals surface area contributed by atoms with E-state index in [9.17, 15) is 18.0 Å². The molecule has 2 heterocycles. The first-order chi connectivity index (χ1) is 11.9. The summed E-state index contributed by atoms with van der Waals surface area (Å²) in [4.78, 5) is 13.2. The van der Waals surface area contributed by atoms with Gasteiger partial charge in [-0.15, -0.1) is 22.0 Å². The maximum atomic E-state index is 12.8. The second-order valence-electron chi connectivity index (χ2n) is 5.83. The van der Waals surface area contributed by atoms with Crippen LogP contribution in [0.5, 0.6) is 0 Å². The predicted octanol–water partition coefficient (Wildman–Crippen LogP) is 3.05. The number of halogens is 3. The summed E-state index contributed by atoms with van der Waals surface area (Å²) in [5.74, 6) is -0.828. The van der Waals surface area contributed by atoms with Gasteiger partial charge in [-0.2, -0.15) is 13.2 Å². The van der Waals surface area contributed by atoms with E-state index in [4.69, 9.17) is 0 Å². The van der Waals surface area contributed by atoms with Gasteiger partial charge in [0, 0.05) is 23.4 Å². The number of rotatable bonds is 4. The topological polar surface area (TPSA) is 59.8 Å². The minimum absolute atomic E-state index is 0.00521. The minimum Gasteiger partial charge on any atom is -0.345 e. The van der Waals surface area contributed by atoms with Crippen LogP contribution >= 0.6 is 11.8 Å². The highest BCUT2D eigenvalue weighted by molar-refractivity contribution is 7.98. The van der Waals surface area contributed by atoms with Crippen LogP contribution in [0.4, 0.5) is 13.2 Å². The van der Waals surface area contributed by atoms with Crippen LogP contribution in [0.15, 0.2) is 29.2 Å². The summed E-state index contributed by atoms with van der Waals surface area (Å²) in [6.07, 6.45) is -2.45. The lowest BCUT2D eigenvalue weighted by Crippen LogP contribution is -2.32. The summed E-state index contributed by atoms with van der Waals surface area (Å²) in [6, 6.07) is 7.21. The van der Waals surface area contributed by atoms with Crippen molar-refractivity contribution in [2.45, 2.75) is 37.0 Å². The van der Waals surface area contributed by atoms with Crippen molar-refractivity contribution in [3.8, 4) is 0 Å². The zero-order valence-electron chi connectivity index (χ0n) is 13.5. The van der Waals surface area contributed by atoms with Crippen molar-refractivity contribution in [2.75, 3.05) is 6.26 Å². The van der Waals surface area contributed by atoms with E-state index in [1.807, 2.05) is 12.3 Å². The van der Waals surface area contributed by atoms with Crippen LogP contribution in [-0.4, -0.2) is 33.1 Å². The van der Waals surface area contributed by atoms with Gasteiger partial charge in [-0.25, -0.2) is 0 Å². The number of fused-ring (bicyclic) bond motifs is 1. The van der Waals surface area contributed by atoms with Crippen LogP contribution in [0, 0.1) is 5.92 Å². The molecule has 0 unspecified atom stereocenters. The molecule has 0 saturated heterocycles. The fourth-order valence-electron chi connectivity index (χ4n) is 2.82. The van der Waals surface area contributed by atoms with Gasteiger partial charge in [0.2, 0.25) is 0 Å². The maximum Gasteiger partial charge on any atom is 0.392 e. The van der Waals surface area contributed by atoms with E-state index in [-0.39, 0.29) is 31.8 Å². The van der Waals surface area contributed by atoms with Crippen LogP contribution < -0.4 is 5.32 Å². The Balaban J connectivity index is 1.65. The number of carbonyl (C=O) groups is 1. The zero-order chi connectivity index (χ0) is 18.0. The van der Waals surface area contributed by atoms with Crippen LogP contribution in [0.1, 0.15) is 28.4 Å². The maximum absolute atomic E-state index is 12.8. The Morgan fingerprint density at radius 1 is 1.40 bits per heavy atom. The molecule has 5 nitrogen and oxygen atoms in total. The molecule has 1 aromatic heterocycles. The summed E-state index contributed by atoms with van der Waals surface area (Å²) >= 11 is 1.54. The molecule has 1 aromatic carbocycles. The Morgan fingerprint density at radius 2 is 2.20 bits per heavy atom. The number of aromatic nitrogens is 3. The normalized spacial score (nSPS) is 17.2. The molecule has 0 radical (unpaired) electrons. The van der Waals surface area contributed by atoms with Crippen molar-refractivity contribution in [1.82, 2.24) is 20.1 Å². The van der Waals surface area contributed by atoms with Crippen molar-refractivity contribution in [1.29, 1.82) is 0 Å². The number of hydrogen-bond donors (Lipinski definition) is 1. The monoisotopic (exact) mass is 370 g/mol. The summed E-state index contributed by atoms with van der Waals surface area (Å²) in [6.45, 7) is 0.339. The van der Waals surface area contributed by atoms with Gasteiger partial charge < -0.3 is 9.88 Å². The van der Waals surface area contributed by atoms with E-state index < -0.39 is 12.1 Å². The number of hydrogen-bond acceptors (Lipinski definition) is 4. The molecular formula is C16H17F3N4OS. The molecule has 9 heteroatoms. The van der Waals surface area contributed by atoms with Gasteiger partial charge in [0.15, 0.2) is 5.82 Å². The molecule has 1 amide bonds. The lowest BCUT2D eigenvalue weighted by atomic mass is 9.97. The molecule has 0 saturated carbocycles. The molecule has 3 rings (SSSR count). The smallest absolute Gasteiger partial charge is 0.345 e. The third-order valence-electron chi connectivity index (χ3n) is 4.24. The largest absolute Gasteiger partial charge is 0.392 e. The molecule has 0 fully saturated rings. The first-order valence-corrected chi connectivity index (χ1v) is 9.01. The Hall–Kier alpha value is -2.03. The molecule has 0 spiro atoms. The van der Waals surface area contributed by atoms with Gasteiger partial charge in [0.1, 0.15) is 5.82 Å². The molecule has 0 aliphatic carbocycles. The minimum atomic E-state index is -4.21. The van der Waals surface area contributed by atoms with Gasteiger partial charge in [0.05, 0.1) is 12.5 Å².